The molecule has 0 radical (unpaired) electrons. The molecular formula is C20H25NO. The molecule has 0 spiro atoms. The van der Waals surface area contributed by atoms with Crippen LogP contribution in [0.25, 0.3) is 0 Å². The fraction of sp³-hybridized carbons (Fsp3) is 0.650. The molecule has 1 unspecified atom stereocenters. The number of benzene rings is 1. The average Bonchev–Trinajstić information content (AvgIpc) is 2.95. The normalized spacial score (nSPS) is 39.3. The molecule has 0 aliphatic heterocycles. The third-order valence-corrected chi connectivity index (χ3v) is 7.08. The second-order valence-electron chi connectivity index (χ2n) is 7.90. The molecule has 2 fully saturated rings. The number of hydrogen-bond acceptors (Lipinski definition) is 2. The Morgan fingerprint density at radius 2 is 2.05 bits per heavy atom. The van der Waals surface area contributed by atoms with Gasteiger partial charge in [0.15, 0.2) is 0 Å². The molecular weight excluding hydrogens is 270 g/mol. The van der Waals surface area contributed by atoms with Crippen LogP contribution in [0.2, 0.25) is 0 Å². The number of hydrogen-bond donors (Lipinski definition) is 0. The molecule has 2 nitrogen and oxygen atoms in total. The van der Waals surface area contributed by atoms with E-state index in [1.165, 1.54) is 43.2 Å². The summed E-state index contributed by atoms with van der Waals surface area (Å²) in [5, 5.41) is 10.2. The van der Waals surface area contributed by atoms with Gasteiger partial charge in [-0.05, 0) is 79.0 Å². The van der Waals surface area contributed by atoms with E-state index in [4.69, 9.17) is 4.74 Å². The molecule has 0 bridgehead atoms. The van der Waals surface area contributed by atoms with Crippen LogP contribution in [0.1, 0.15) is 56.6 Å². The van der Waals surface area contributed by atoms with Crippen molar-refractivity contribution in [2.45, 2.75) is 57.3 Å². The second kappa shape index (κ2) is 4.75. The monoisotopic (exact) mass is 295 g/mol. The summed E-state index contributed by atoms with van der Waals surface area (Å²) in [4.78, 5) is 0. The van der Waals surface area contributed by atoms with Crippen molar-refractivity contribution < 1.29 is 4.74 Å². The molecule has 0 aromatic heterocycles. The first kappa shape index (κ1) is 14.1. The number of ether oxygens (including phenoxy) is 1. The summed E-state index contributed by atoms with van der Waals surface area (Å²) in [6.45, 7) is 2.48. The van der Waals surface area contributed by atoms with Gasteiger partial charge in [0.2, 0.25) is 0 Å². The Hall–Kier alpha value is -1.49. The van der Waals surface area contributed by atoms with Gasteiger partial charge in [-0.15, -0.1) is 0 Å². The first-order valence-electron chi connectivity index (χ1n) is 8.72. The highest BCUT2D eigenvalue weighted by Crippen LogP contribution is 2.63. The van der Waals surface area contributed by atoms with E-state index in [-0.39, 0.29) is 5.41 Å². The van der Waals surface area contributed by atoms with Crippen LogP contribution < -0.4 is 4.74 Å². The SMILES string of the molecule is COc1ccc2c(c1)CC[C@H]1[C@@H]3CCC[C@@]3(C)CCC21C#N. The molecule has 0 saturated heterocycles. The van der Waals surface area contributed by atoms with Crippen molar-refractivity contribution in [3.63, 3.8) is 0 Å². The lowest BCUT2D eigenvalue weighted by Crippen LogP contribution is -2.50. The summed E-state index contributed by atoms with van der Waals surface area (Å²) in [7, 11) is 1.72. The van der Waals surface area contributed by atoms with Crippen molar-refractivity contribution >= 4 is 0 Å². The van der Waals surface area contributed by atoms with Crippen LogP contribution in [-0.4, -0.2) is 7.11 Å². The predicted molar refractivity (Wildman–Crippen MR) is 86.8 cm³/mol. The van der Waals surface area contributed by atoms with Crippen molar-refractivity contribution in [1.29, 1.82) is 5.26 Å². The Kier molecular flexibility index (Phi) is 3.05. The first-order chi connectivity index (χ1) is 10.6. The molecule has 1 aromatic rings. The number of rotatable bonds is 1. The van der Waals surface area contributed by atoms with Crippen molar-refractivity contribution in [3.8, 4) is 11.8 Å². The molecule has 22 heavy (non-hydrogen) atoms. The van der Waals surface area contributed by atoms with Crippen LogP contribution in [0.5, 0.6) is 5.75 Å². The summed E-state index contributed by atoms with van der Waals surface area (Å²) in [5.41, 5.74) is 2.91. The highest BCUT2D eigenvalue weighted by atomic mass is 16.5. The maximum atomic E-state index is 10.2. The molecule has 3 aliphatic rings. The Balaban J connectivity index is 1.82. The van der Waals surface area contributed by atoms with E-state index in [1.54, 1.807) is 7.11 Å². The summed E-state index contributed by atoms with van der Waals surface area (Å²) >= 11 is 0. The van der Waals surface area contributed by atoms with Gasteiger partial charge in [0.05, 0.1) is 18.6 Å². The number of aryl methyl sites for hydroxylation is 1. The summed E-state index contributed by atoms with van der Waals surface area (Å²) in [5.74, 6) is 2.22. The lowest BCUT2D eigenvalue weighted by molar-refractivity contribution is 0.0309. The van der Waals surface area contributed by atoms with Crippen molar-refractivity contribution in [1.82, 2.24) is 0 Å². The van der Waals surface area contributed by atoms with E-state index >= 15 is 0 Å². The van der Waals surface area contributed by atoms with E-state index in [0.29, 0.717) is 11.3 Å². The van der Waals surface area contributed by atoms with Gasteiger partial charge >= 0.3 is 0 Å². The van der Waals surface area contributed by atoms with Gasteiger partial charge in [-0.2, -0.15) is 5.26 Å². The Morgan fingerprint density at radius 1 is 1.18 bits per heavy atom. The molecule has 116 valence electrons. The Morgan fingerprint density at radius 3 is 2.82 bits per heavy atom. The first-order valence-corrected chi connectivity index (χ1v) is 8.72. The van der Waals surface area contributed by atoms with Gasteiger partial charge in [-0.25, -0.2) is 0 Å². The molecule has 4 rings (SSSR count). The largest absolute Gasteiger partial charge is 0.497 e. The third kappa shape index (κ3) is 1.72. The lowest BCUT2D eigenvalue weighted by Gasteiger charge is -2.53. The molecule has 0 N–H and O–H groups in total. The molecule has 0 amide bonds. The van der Waals surface area contributed by atoms with Crippen LogP contribution in [-0.2, 0) is 11.8 Å². The maximum absolute atomic E-state index is 10.2. The minimum atomic E-state index is -0.242. The van der Waals surface area contributed by atoms with Crippen molar-refractivity contribution in [3.05, 3.63) is 29.3 Å². The summed E-state index contributed by atoms with van der Waals surface area (Å²) in [6.07, 6.45) is 8.59. The van der Waals surface area contributed by atoms with Gasteiger partial charge in [0, 0.05) is 0 Å². The van der Waals surface area contributed by atoms with Crippen LogP contribution in [0, 0.1) is 28.6 Å². The summed E-state index contributed by atoms with van der Waals surface area (Å²) < 4.78 is 5.39. The van der Waals surface area contributed by atoms with Crippen LogP contribution in [0.3, 0.4) is 0 Å². The highest BCUT2D eigenvalue weighted by Gasteiger charge is 2.57. The third-order valence-electron chi connectivity index (χ3n) is 7.08. The standard InChI is InChI=1S/C20H25NO/c1-19-9-3-4-17(19)18-7-5-14-12-15(22-2)6-8-16(14)20(18,13-21)11-10-19/h6,8,12,17-18H,3-5,7,9-11H2,1-2H3/t17-,18-,19-,20?/m0/s1. The van der Waals surface area contributed by atoms with E-state index in [1.807, 2.05) is 6.07 Å². The number of methoxy groups -OCH3 is 1. The molecule has 1 aromatic carbocycles. The fourth-order valence-electron chi connectivity index (χ4n) is 5.90. The Bertz CT molecular complexity index is 646. The quantitative estimate of drug-likeness (QED) is 0.757. The topological polar surface area (TPSA) is 33.0 Å². The average molecular weight is 295 g/mol. The zero-order chi connectivity index (χ0) is 15.4. The highest BCUT2D eigenvalue weighted by molar-refractivity contribution is 5.47. The van der Waals surface area contributed by atoms with Gasteiger partial charge in [0.25, 0.3) is 0 Å². The summed E-state index contributed by atoms with van der Waals surface area (Å²) in [6, 6.07) is 9.19. The zero-order valence-corrected chi connectivity index (χ0v) is 13.7. The number of fused-ring (bicyclic) bond motifs is 5. The van der Waals surface area contributed by atoms with E-state index < -0.39 is 0 Å². The predicted octanol–water partition coefficient (Wildman–Crippen LogP) is 4.62. The molecule has 4 atom stereocenters. The lowest BCUT2D eigenvalue weighted by atomic mass is 9.49. The zero-order valence-electron chi connectivity index (χ0n) is 13.7. The van der Waals surface area contributed by atoms with Crippen molar-refractivity contribution in [2.75, 3.05) is 7.11 Å². The number of nitrogens with zero attached hydrogens (tertiary/aromatic N) is 1. The fourth-order valence-corrected chi connectivity index (χ4v) is 5.90. The maximum Gasteiger partial charge on any atom is 0.119 e. The molecule has 2 heteroatoms. The van der Waals surface area contributed by atoms with Crippen LogP contribution >= 0.6 is 0 Å². The van der Waals surface area contributed by atoms with Crippen LogP contribution in [0.4, 0.5) is 0 Å². The molecule has 0 heterocycles. The van der Waals surface area contributed by atoms with Gasteiger partial charge in [-0.1, -0.05) is 19.4 Å². The van der Waals surface area contributed by atoms with E-state index in [9.17, 15) is 5.26 Å². The minimum Gasteiger partial charge on any atom is -0.497 e. The van der Waals surface area contributed by atoms with E-state index in [0.717, 1.165) is 24.5 Å². The van der Waals surface area contributed by atoms with Crippen molar-refractivity contribution in [2.24, 2.45) is 17.3 Å². The molecule has 2 saturated carbocycles. The number of nitriles is 1. The van der Waals surface area contributed by atoms with Gasteiger partial charge < -0.3 is 4.74 Å². The molecule has 3 aliphatic carbocycles. The van der Waals surface area contributed by atoms with Gasteiger partial charge in [-0.3, -0.25) is 0 Å². The van der Waals surface area contributed by atoms with Crippen LogP contribution in [0.15, 0.2) is 18.2 Å². The Labute approximate surface area is 133 Å². The van der Waals surface area contributed by atoms with E-state index in [2.05, 4.69) is 25.1 Å². The second-order valence-corrected chi connectivity index (χ2v) is 7.90. The van der Waals surface area contributed by atoms with Gasteiger partial charge in [0.1, 0.15) is 5.75 Å². The smallest absolute Gasteiger partial charge is 0.119 e. The minimum absolute atomic E-state index is 0.242.